The van der Waals surface area contributed by atoms with Crippen molar-refractivity contribution in [3.05, 3.63) is 21.9 Å². The van der Waals surface area contributed by atoms with Crippen molar-refractivity contribution in [3.63, 3.8) is 0 Å². The Kier molecular flexibility index (Phi) is 2.86. The lowest BCUT2D eigenvalue weighted by Crippen LogP contribution is -2.45. The van der Waals surface area contributed by atoms with Crippen LogP contribution in [0, 0.1) is 0 Å². The van der Waals surface area contributed by atoms with Crippen molar-refractivity contribution in [2.24, 2.45) is 0 Å². The highest BCUT2D eigenvalue weighted by molar-refractivity contribution is 8.00. The normalized spacial score (nSPS) is 24.1. The van der Waals surface area contributed by atoms with Crippen LogP contribution in [0.25, 0.3) is 0 Å². The Morgan fingerprint density at radius 1 is 1.44 bits per heavy atom. The van der Waals surface area contributed by atoms with Crippen molar-refractivity contribution in [1.29, 1.82) is 0 Å². The molecular formula is C12H13NO3S2. The Balaban J connectivity index is 1.77. The van der Waals surface area contributed by atoms with Crippen molar-refractivity contribution in [2.75, 3.05) is 5.75 Å². The van der Waals surface area contributed by atoms with Gasteiger partial charge in [0.2, 0.25) is 5.91 Å². The molecule has 4 nitrogen and oxygen atoms in total. The molecular weight excluding hydrogens is 270 g/mol. The van der Waals surface area contributed by atoms with E-state index in [4.69, 9.17) is 5.11 Å². The van der Waals surface area contributed by atoms with Gasteiger partial charge in [-0.05, 0) is 42.0 Å². The third kappa shape index (κ3) is 1.93. The zero-order valence-electron chi connectivity index (χ0n) is 9.64. The zero-order chi connectivity index (χ0) is 12.8. The number of carbonyl (C=O) groups excluding carboxylic acids is 1. The number of hydrogen-bond acceptors (Lipinski definition) is 4. The van der Waals surface area contributed by atoms with Crippen LogP contribution < -0.4 is 5.32 Å². The van der Waals surface area contributed by atoms with Crippen LogP contribution >= 0.6 is 23.1 Å². The summed E-state index contributed by atoms with van der Waals surface area (Å²) in [4.78, 5) is 24.6. The van der Waals surface area contributed by atoms with E-state index in [0.29, 0.717) is 12.8 Å². The molecule has 1 saturated carbocycles. The van der Waals surface area contributed by atoms with E-state index in [-0.39, 0.29) is 11.2 Å². The molecule has 2 N–H and O–H groups in total. The van der Waals surface area contributed by atoms with Crippen LogP contribution in [-0.4, -0.2) is 28.3 Å². The molecule has 1 fully saturated rings. The van der Waals surface area contributed by atoms with E-state index in [9.17, 15) is 9.59 Å². The third-order valence-electron chi connectivity index (χ3n) is 3.44. The largest absolute Gasteiger partial charge is 0.480 e. The maximum Gasteiger partial charge on any atom is 0.329 e. The number of carboxylic acid groups (broad SMARTS) is 1. The van der Waals surface area contributed by atoms with E-state index >= 15 is 0 Å². The molecule has 18 heavy (non-hydrogen) atoms. The standard InChI is InChI=1S/C12H13NO3S2/c14-10(13-12(3-4-12)11(15)16)9-7-1-5-17-8(7)2-6-18-9/h1,5,9H,2-4,6H2,(H,13,14)(H,15,16)/t9-/m0/s1. The molecule has 1 aliphatic carbocycles. The van der Waals surface area contributed by atoms with E-state index < -0.39 is 11.5 Å². The van der Waals surface area contributed by atoms with Crippen LogP contribution in [0.3, 0.4) is 0 Å². The van der Waals surface area contributed by atoms with E-state index in [1.54, 1.807) is 23.1 Å². The summed E-state index contributed by atoms with van der Waals surface area (Å²) in [6.45, 7) is 0. The van der Waals surface area contributed by atoms with Gasteiger partial charge in [-0.1, -0.05) is 0 Å². The Morgan fingerprint density at radius 3 is 2.89 bits per heavy atom. The minimum absolute atomic E-state index is 0.153. The average molecular weight is 283 g/mol. The quantitative estimate of drug-likeness (QED) is 0.888. The maximum atomic E-state index is 12.2. The molecule has 0 aromatic carbocycles. The van der Waals surface area contributed by atoms with E-state index in [0.717, 1.165) is 17.7 Å². The molecule has 2 aliphatic rings. The Hall–Kier alpha value is -1.01. The van der Waals surface area contributed by atoms with Gasteiger partial charge in [0.1, 0.15) is 10.8 Å². The van der Waals surface area contributed by atoms with Crippen molar-refractivity contribution in [3.8, 4) is 0 Å². The van der Waals surface area contributed by atoms with E-state index in [1.807, 2.05) is 11.4 Å². The number of amides is 1. The van der Waals surface area contributed by atoms with Gasteiger partial charge in [-0.15, -0.1) is 23.1 Å². The van der Waals surface area contributed by atoms with Crippen molar-refractivity contribution in [1.82, 2.24) is 5.32 Å². The zero-order valence-corrected chi connectivity index (χ0v) is 11.3. The minimum Gasteiger partial charge on any atom is -0.480 e. The van der Waals surface area contributed by atoms with Gasteiger partial charge in [-0.3, -0.25) is 4.79 Å². The number of fused-ring (bicyclic) bond motifs is 1. The summed E-state index contributed by atoms with van der Waals surface area (Å²) in [7, 11) is 0. The van der Waals surface area contributed by atoms with Gasteiger partial charge in [0.25, 0.3) is 0 Å². The van der Waals surface area contributed by atoms with Crippen LogP contribution in [0.1, 0.15) is 28.5 Å². The molecule has 0 unspecified atom stereocenters. The van der Waals surface area contributed by atoms with Gasteiger partial charge < -0.3 is 10.4 Å². The predicted octanol–water partition coefficient (Wildman–Crippen LogP) is 1.81. The summed E-state index contributed by atoms with van der Waals surface area (Å²) in [5.74, 6) is -0.146. The molecule has 1 aromatic heterocycles. The number of rotatable bonds is 3. The molecule has 1 aliphatic heterocycles. The number of carboxylic acids is 1. The Morgan fingerprint density at radius 2 is 2.22 bits per heavy atom. The highest BCUT2D eigenvalue weighted by atomic mass is 32.2. The topological polar surface area (TPSA) is 66.4 Å². The fourth-order valence-electron chi connectivity index (χ4n) is 2.18. The highest BCUT2D eigenvalue weighted by Gasteiger charge is 2.52. The molecule has 0 saturated heterocycles. The van der Waals surface area contributed by atoms with Crippen LogP contribution in [0.4, 0.5) is 0 Å². The summed E-state index contributed by atoms with van der Waals surface area (Å²) in [5.41, 5.74) is 0.0839. The monoisotopic (exact) mass is 283 g/mol. The second-order valence-corrected chi connectivity index (χ2v) is 6.89. The van der Waals surface area contributed by atoms with Crippen molar-refractivity contribution >= 4 is 35.0 Å². The molecule has 1 aromatic rings. The fraction of sp³-hybridized carbons (Fsp3) is 0.500. The predicted molar refractivity (Wildman–Crippen MR) is 71.0 cm³/mol. The van der Waals surface area contributed by atoms with E-state index in [2.05, 4.69) is 5.32 Å². The smallest absolute Gasteiger partial charge is 0.329 e. The Bertz CT molecular complexity index is 507. The summed E-state index contributed by atoms with van der Waals surface area (Å²) < 4.78 is 0. The van der Waals surface area contributed by atoms with Crippen LogP contribution in [0.5, 0.6) is 0 Å². The van der Waals surface area contributed by atoms with Gasteiger partial charge in [-0.25, -0.2) is 4.79 Å². The lowest BCUT2D eigenvalue weighted by atomic mass is 10.1. The first kappa shape index (κ1) is 12.0. The summed E-state index contributed by atoms with van der Waals surface area (Å²) >= 11 is 3.28. The molecule has 0 radical (unpaired) electrons. The van der Waals surface area contributed by atoms with Gasteiger partial charge in [-0.2, -0.15) is 0 Å². The number of aliphatic carboxylic acids is 1. The van der Waals surface area contributed by atoms with Gasteiger partial charge in [0.05, 0.1) is 0 Å². The first-order chi connectivity index (χ1) is 8.62. The van der Waals surface area contributed by atoms with Gasteiger partial charge in [0.15, 0.2) is 0 Å². The second-order valence-electron chi connectivity index (χ2n) is 4.68. The molecule has 1 amide bonds. The summed E-state index contributed by atoms with van der Waals surface area (Å²) in [6.07, 6.45) is 2.09. The third-order valence-corrected chi connectivity index (χ3v) is 5.67. The van der Waals surface area contributed by atoms with E-state index in [1.165, 1.54) is 4.88 Å². The summed E-state index contributed by atoms with van der Waals surface area (Å²) in [5, 5.41) is 13.6. The number of hydrogen-bond donors (Lipinski definition) is 2. The number of aryl methyl sites for hydroxylation is 1. The number of nitrogens with one attached hydrogen (secondary N) is 1. The minimum atomic E-state index is -0.981. The molecule has 1 atom stereocenters. The first-order valence-corrected chi connectivity index (χ1v) is 7.78. The van der Waals surface area contributed by atoms with Crippen LogP contribution in [0.15, 0.2) is 11.4 Å². The number of carbonyl (C=O) groups is 2. The highest BCUT2D eigenvalue weighted by Crippen LogP contribution is 2.42. The second kappa shape index (κ2) is 4.28. The molecule has 2 heterocycles. The lowest BCUT2D eigenvalue weighted by molar-refractivity contribution is -0.143. The van der Waals surface area contributed by atoms with Crippen LogP contribution in [0.2, 0.25) is 0 Å². The first-order valence-electron chi connectivity index (χ1n) is 5.86. The SMILES string of the molecule is O=C(NC1(C(=O)O)CC1)[C@H]1SCCc2sccc21. The maximum absolute atomic E-state index is 12.2. The number of thiophene rings is 1. The van der Waals surface area contributed by atoms with Crippen LogP contribution in [-0.2, 0) is 16.0 Å². The van der Waals surface area contributed by atoms with Crippen molar-refractivity contribution in [2.45, 2.75) is 30.1 Å². The van der Waals surface area contributed by atoms with Gasteiger partial charge >= 0.3 is 5.97 Å². The average Bonchev–Trinajstić information content (AvgIpc) is 2.97. The molecule has 0 spiro atoms. The molecule has 96 valence electrons. The fourth-order valence-corrected chi connectivity index (χ4v) is 4.48. The Labute approximate surface area is 113 Å². The molecule has 6 heteroatoms. The van der Waals surface area contributed by atoms with Gasteiger partial charge in [0, 0.05) is 4.88 Å². The lowest BCUT2D eigenvalue weighted by Gasteiger charge is -2.23. The molecule has 0 bridgehead atoms. The molecule has 3 rings (SSSR count). The van der Waals surface area contributed by atoms with Crippen molar-refractivity contribution < 1.29 is 14.7 Å². The number of thioether (sulfide) groups is 1. The summed E-state index contributed by atoms with van der Waals surface area (Å²) in [6, 6.07) is 1.98.